The van der Waals surface area contributed by atoms with Crippen molar-refractivity contribution < 1.29 is 4.74 Å². The Labute approximate surface area is 113 Å². The smallest absolute Gasteiger partial charge is 0.124 e. The van der Waals surface area contributed by atoms with Gasteiger partial charge in [0.1, 0.15) is 11.6 Å². The molecule has 0 saturated carbocycles. The summed E-state index contributed by atoms with van der Waals surface area (Å²) in [4.78, 5) is 4.40. The monoisotopic (exact) mass is 257 g/mol. The first-order chi connectivity index (χ1) is 9.38. The molecule has 4 heteroatoms. The molecule has 1 aromatic heterocycles. The predicted molar refractivity (Wildman–Crippen MR) is 74.0 cm³/mol. The molecule has 2 aromatic rings. The van der Waals surface area contributed by atoms with Crippen LogP contribution in [0.2, 0.25) is 0 Å². The summed E-state index contributed by atoms with van der Waals surface area (Å²) in [5.41, 5.74) is 1.25. The maximum atomic E-state index is 5.67. The van der Waals surface area contributed by atoms with Crippen LogP contribution in [0.15, 0.2) is 36.7 Å². The van der Waals surface area contributed by atoms with Gasteiger partial charge in [0.25, 0.3) is 0 Å². The Morgan fingerprint density at radius 2 is 2.32 bits per heavy atom. The molecular formula is C15H19N3O. The van der Waals surface area contributed by atoms with Gasteiger partial charge in [0, 0.05) is 37.0 Å². The fourth-order valence-corrected chi connectivity index (χ4v) is 2.56. The number of aryl methyl sites for hydroxylation is 1. The number of aromatic nitrogens is 2. The number of hydrogen-bond acceptors (Lipinski definition) is 3. The summed E-state index contributed by atoms with van der Waals surface area (Å²) in [7, 11) is 0. The summed E-state index contributed by atoms with van der Waals surface area (Å²) in [6, 6.07) is 8.61. The third-order valence-electron chi connectivity index (χ3n) is 3.61. The topological polar surface area (TPSA) is 39.1 Å². The Kier molecular flexibility index (Phi) is 3.51. The maximum Gasteiger partial charge on any atom is 0.124 e. The van der Waals surface area contributed by atoms with Crippen LogP contribution in [0.1, 0.15) is 30.8 Å². The molecule has 0 spiro atoms. The fourth-order valence-electron chi connectivity index (χ4n) is 2.56. The Hall–Kier alpha value is -1.81. The Morgan fingerprint density at radius 3 is 3.21 bits per heavy atom. The number of benzene rings is 1. The van der Waals surface area contributed by atoms with Crippen LogP contribution in [0.25, 0.3) is 0 Å². The lowest BCUT2D eigenvalue weighted by Crippen LogP contribution is -2.27. The average Bonchev–Trinajstić information content (AvgIpc) is 2.92. The molecule has 19 heavy (non-hydrogen) atoms. The van der Waals surface area contributed by atoms with Gasteiger partial charge >= 0.3 is 0 Å². The summed E-state index contributed by atoms with van der Waals surface area (Å²) < 4.78 is 7.84. The first kappa shape index (κ1) is 12.2. The second-order valence-electron chi connectivity index (χ2n) is 4.74. The van der Waals surface area contributed by atoms with Crippen LogP contribution in [0.4, 0.5) is 0 Å². The lowest BCUT2D eigenvalue weighted by molar-refractivity contribution is 0.251. The molecule has 1 aliphatic rings. The summed E-state index contributed by atoms with van der Waals surface area (Å²) in [5, 5.41) is 3.59. The molecule has 0 bridgehead atoms. The van der Waals surface area contributed by atoms with Crippen LogP contribution in [0.3, 0.4) is 0 Å². The van der Waals surface area contributed by atoms with E-state index in [1.807, 2.05) is 24.5 Å². The van der Waals surface area contributed by atoms with Crippen LogP contribution >= 0.6 is 0 Å². The molecule has 0 aliphatic carbocycles. The molecular weight excluding hydrogens is 238 g/mol. The van der Waals surface area contributed by atoms with Crippen molar-refractivity contribution in [2.45, 2.75) is 32.5 Å². The number of ether oxygens (including phenoxy) is 1. The van der Waals surface area contributed by atoms with Gasteiger partial charge in [0.2, 0.25) is 0 Å². The highest BCUT2D eigenvalue weighted by atomic mass is 16.5. The van der Waals surface area contributed by atoms with Crippen molar-refractivity contribution >= 4 is 0 Å². The summed E-state index contributed by atoms with van der Waals surface area (Å²) >= 11 is 0. The molecule has 0 fully saturated rings. The Balaban J connectivity index is 1.71. The zero-order valence-corrected chi connectivity index (χ0v) is 11.2. The van der Waals surface area contributed by atoms with E-state index in [4.69, 9.17) is 4.74 Å². The zero-order chi connectivity index (χ0) is 13.1. The molecule has 0 radical (unpaired) electrons. The molecule has 2 heterocycles. The van der Waals surface area contributed by atoms with Crippen LogP contribution in [-0.2, 0) is 13.1 Å². The van der Waals surface area contributed by atoms with Crippen molar-refractivity contribution in [1.82, 2.24) is 14.9 Å². The third-order valence-corrected chi connectivity index (χ3v) is 3.61. The van der Waals surface area contributed by atoms with E-state index in [1.165, 1.54) is 5.56 Å². The normalized spacial score (nSPS) is 17.8. The minimum Gasteiger partial charge on any atom is -0.493 e. The van der Waals surface area contributed by atoms with Gasteiger partial charge in [-0.2, -0.15) is 0 Å². The molecule has 100 valence electrons. The molecule has 1 N–H and O–H groups in total. The van der Waals surface area contributed by atoms with Crippen molar-refractivity contribution in [3.8, 4) is 5.75 Å². The number of rotatable bonds is 4. The maximum absolute atomic E-state index is 5.67. The van der Waals surface area contributed by atoms with E-state index in [0.717, 1.165) is 37.7 Å². The van der Waals surface area contributed by atoms with Gasteiger partial charge in [-0.1, -0.05) is 18.2 Å². The van der Waals surface area contributed by atoms with Gasteiger partial charge in [-0.05, 0) is 13.0 Å². The van der Waals surface area contributed by atoms with E-state index in [-0.39, 0.29) is 0 Å². The van der Waals surface area contributed by atoms with Gasteiger partial charge in [0.05, 0.1) is 13.2 Å². The molecule has 1 unspecified atom stereocenters. The minimum atomic E-state index is 0.354. The van der Waals surface area contributed by atoms with E-state index in [1.54, 1.807) is 0 Å². The van der Waals surface area contributed by atoms with Crippen molar-refractivity contribution in [2.24, 2.45) is 0 Å². The molecule has 4 nitrogen and oxygen atoms in total. The number of fused-ring (bicyclic) bond motifs is 1. The standard InChI is InChI=1S/C15H19N3O/c1-2-18-9-8-16-15(18)11-17-13-7-10-19-14-6-4-3-5-12(13)14/h3-6,8-9,13,17H,2,7,10-11H2,1H3. The average molecular weight is 257 g/mol. The van der Waals surface area contributed by atoms with E-state index in [9.17, 15) is 0 Å². The van der Waals surface area contributed by atoms with E-state index in [0.29, 0.717) is 6.04 Å². The molecule has 0 saturated heterocycles. The van der Waals surface area contributed by atoms with E-state index in [2.05, 4.69) is 33.9 Å². The van der Waals surface area contributed by atoms with E-state index < -0.39 is 0 Å². The minimum absolute atomic E-state index is 0.354. The number of hydrogen-bond donors (Lipinski definition) is 1. The molecule has 3 rings (SSSR count). The second kappa shape index (κ2) is 5.45. The quantitative estimate of drug-likeness (QED) is 0.914. The number of nitrogens with zero attached hydrogens (tertiary/aromatic N) is 2. The molecule has 0 amide bonds. The van der Waals surface area contributed by atoms with Gasteiger partial charge in [0.15, 0.2) is 0 Å². The summed E-state index contributed by atoms with van der Waals surface area (Å²) in [5.74, 6) is 2.09. The highest BCUT2D eigenvalue weighted by molar-refractivity contribution is 5.37. The molecule has 1 aliphatic heterocycles. The van der Waals surface area contributed by atoms with Crippen LogP contribution in [0, 0.1) is 0 Å². The number of nitrogens with one attached hydrogen (secondary N) is 1. The Morgan fingerprint density at radius 1 is 1.42 bits per heavy atom. The van der Waals surface area contributed by atoms with Crippen molar-refractivity contribution in [3.63, 3.8) is 0 Å². The fraction of sp³-hybridized carbons (Fsp3) is 0.400. The Bertz CT molecular complexity index is 550. The zero-order valence-electron chi connectivity index (χ0n) is 11.2. The van der Waals surface area contributed by atoms with Gasteiger partial charge in [-0.3, -0.25) is 0 Å². The van der Waals surface area contributed by atoms with Crippen molar-refractivity contribution in [1.29, 1.82) is 0 Å². The highest BCUT2D eigenvalue weighted by Crippen LogP contribution is 2.31. The SMILES string of the molecule is CCn1ccnc1CNC1CCOc2ccccc21. The number of imidazole rings is 1. The first-order valence-electron chi connectivity index (χ1n) is 6.83. The number of para-hydroxylation sites is 1. The van der Waals surface area contributed by atoms with Gasteiger partial charge in [-0.15, -0.1) is 0 Å². The van der Waals surface area contributed by atoms with Crippen molar-refractivity contribution in [3.05, 3.63) is 48.0 Å². The second-order valence-corrected chi connectivity index (χ2v) is 4.74. The van der Waals surface area contributed by atoms with Crippen LogP contribution in [0.5, 0.6) is 5.75 Å². The molecule has 1 atom stereocenters. The van der Waals surface area contributed by atoms with Crippen LogP contribution < -0.4 is 10.1 Å². The van der Waals surface area contributed by atoms with E-state index >= 15 is 0 Å². The summed E-state index contributed by atoms with van der Waals surface area (Å²) in [6.45, 7) is 4.66. The lowest BCUT2D eigenvalue weighted by atomic mass is 10.0. The lowest BCUT2D eigenvalue weighted by Gasteiger charge is -2.26. The highest BCUT2D eigenvalue weighted by Gasteiger charge is 2.20. The summed E-state index contributed by atoms with van der Waals surface area (Å²) in [6.07, 6.45) is 4.89. The largest absolute Gasteiger partial charge is 0.493 e. The van der Waals surface area contributed by atoms with Crippen LogP contribution in [-0.4, -0.2) is 16.2 Å². The molecule has 1 aromatic carbocycles. The van der Waals surface area contributed by atoms with Crippen molar-refractivity contribution in [2.75, 3.05) is 6.61 Å². The third kappa shape index (κ3) is 2.49. The first-order valence-corrected chi connectivity index (χ1v) is 6.83. The van der Waals surface area contributed by atoms with Gasteiger partial charge < -0.3 is 14.6 Å². The predicted octanol–water partition coefficient (Wildman–Crippen LogP) is 2.52. The van der Waals surface area contributed by atoms with Gasteiger partial charge in [-0.25, -0.2) is 4.98 Å².